The fourth-order valence-electron chi connectivity index (χ4n) is 1.11. The molecule has 16 heavy (non-hydrogen) atoms. The molecular weight excluding hydrogens is 228 g/mol. The molecule has 1 aromatic heterocycles. The van der Waals surface area contributed by atoms with Crippen LogP contribution >= 0.6 is 12.4 Å². The van der Waals surface area contributed by atoms with E-state index in [-0.39, 0.29) is 18.3 Å². The Morgan fingerprint density at radius 1 is 1.62 bits per heavy atom. The van der Waals surface area contributed by atoms with Gasteiger partial charge in [0, 0.05) is 19.7 Å². The molecule has 0 saturated carbocycles. The molecule has 6 heteroatoms. The number of carbonyl (C=O) groups excluding carboxylic acids is 1. The van der Waals surface area contributed by atoms with Crippen molar-refractivity contribution < 1.29 is 4.79 Å². The number of aromatic nitrogens is 2. The summed E-state index contributed by atoms with van der Waals surface area (Å²) in [4.78, 5) is 11.8. The molecule has 1 heterocycles. The molecule has 1 rings (SSSR count). The van der Waals surface area contributed by atoms with Crippen molar-refractivity contribution in [3.8, 4) is 0 Å². The van der Waals surface area contributed by atoms with E-state index in [1.807, 2.05) is 26.8 Å². The molecule has 0 spiro atoms. The average Bonchev–Trinajstić information content (AvgIpc) is 2.45. The van der Waals surface area contributed by atoms with Crippen LogP contribution in [0.3, 0.4) is 0 Å². The molecule has 0 aliphatic rings. The molecular formula is C10H19ClN4O. The van der Waals surface area contributed by atoms with Crippen molar-refractivity contribution in [3.63, 3.8) is 0 Å². The van der Waals surface area contributed by atoms with Crippen LogP contribution in [0.5, 0.6) is 0 Å². The maximum absolute atomic E-state index is 11.8. The smallest absolute Gasteiger partial charge is 0.232 e. The Labute approximate surface area is 102 Å². The molecule has 92 valence electrons. The number of aryl methyl sites for hydroxylation is 2. The van der Waals surface area contributed by atoms with Gasteiger partial charge in [-0.05, 0) is 20.8 Å². The number of carbonyl (C=O) groups is 1. The van der Waals surface area contributed by atoms with Gasteiger partial charge in [-0.15, -0.1) is 12.4 Å². The zero-order valence-corrected chi connectivity index (χ0v) is 10.9. The van der Waals surface area contributed by atoms with Crippen molar-refractivity contribution in [1.82, 2.24) is 9.78 Å². The minimum absolute atomic E-state index is 0. The quantitative estimate of drug-likeness (QED) is 0.838. The third kappa shape index (κ3) is 3.21. The second kappa shape index (κ2) is 5.32. The number of rotatable bonds is 3. The Morgan fingerprint density at radius 3 is 2.56 bits per heavy atom. The lowest BCUT2D eigenvalue weighted by molar-refractivity contribution is -0.123. The van der Waals surface area contributed by atoms with E-state index in [4.69, 9.17) is 5.73 Å². The van der Waals surface area contributed by atoms with Gasteiger partial charge in [0.25, 0.3) is 0 Å². The highest BCUT2D eigenvalue weighted by Crippen LogP contribution is 2.17. The molecule has 5 nitrogen and oxygen atoms in total. The molecule has 0 saturated heterocycles. The monoisotopic (exact) mass is 246 g/mol. The van der Waals surface area contributed by atoms with Gasteiger partial charge in [-0.2, -0.15) is 5.10 Å². The highest BCUT2D eigenvalue weighted by Gasteiger charge is 2.26. The van der Waals surface area contributed by atoms with E-state index >= 15 is 0 Å². The predicted molar refractivity (Wildman–Crippen MR) is 66.7 cm³/mol. The summed E-state index contributed by atoms with van der Waals surface area (Å²) in [5.74, 6) is 0.604. The van der Waals surface area contributed by atoms with Gasteiger partial charge < -0.3 is 11.1 Å². The van der Waals surface area contributed by atoms with Gasteiger partial charge >= 0.3 is 0 Å². The Balaban J connectivity index is 0.00000225. The summed E-state index contributed by atoms with van der Waals surface area (Å²) in [7, 11) is 1.79. The van der Waals surface area contributed by atoms with Crippen LogP contribution in [0.25, 0.3) is 0 Å². The number of nitrogens with zero attached hydrogens (tertiary/aromatic N) is 2. The molecule has 0 aliphatic heterocycles. The molecule has 0 fully saturated rings. The Hall–Kier alpha value is -1.07. The number of nitrogens with two attached hydrogens (primary N) is 1. The maximum atomic E-state index is 11.8. The lowest BCUT2D eigenvalue weighted by Gasteiger charge is -2.20. The van der Waals surface area contributed by atoms with Gasteiger partial charge in [0.05, 0.1) is 11.1 Å². The number of nitrogens with one attached hydrogen (secondary N) is 1. The van der Waals surface area contributed by atoms with Crippen LogP contribution in [-0.2, 0) is 11.8 Å². The molecule has 0 bridgehead atoms. The maximum Gasteiger partial charge on any atom is 0.232 e. The van der Waals surface area contributed by atoms with E-state index in [0.717, 1.165) is 5.69 Å². The summed E-state index contributed by atoms with van der Waals surface area (Å²) in [6.07, 6.45) is 0. The normalized spacial score (nSPS) is 10.8. The first-order valence-electron chi connectivity index (χ1n) is 4.89. The number of anilines is 1. The fraction of sp³-hybridized carbons (Fsp3) is 0.600. The summed E-state index contributed by atoms with van der Waals surface area (Å²) >= 11 is 0. The zero-order chi connectivity index (χ0) is 11.6. The highest BCUT2D eigenvalue weighted by atomic mass is 35.5. The second-order valence-electron chi connectivity index (χ2n) is 4.34. The predicted octanol–water partition coefficient (Wildman–Crippen LogP) is 1.07. The highest BCUT2D eigenvalue weighted by molar-refractivity contribution is 5.94. The van der Waals surface area contributed by atoms with Gasteiger partial charge in [-0.25, -0.2) is 0 Å². The fourth-order valence-corrected chi connectivity index (χ4v) is 1.11. The van der Waals surface area contributed by atoms with Crippen LogP contribution in [0, 0.1) is 12.3 Å². The summed E-state index contributed by atoms with van der Waals surface area (Å²) in [6.45, 7) is 5.82. The number of hydrogen-bond acceptors (Lipinski definition) is 3. The lowest BCUT2D eigenvalue weighted by Crippen LogP contribution is -2.37. The number of halogens is 1. The summed E-state index contributed by atoms with van der Waals surface area (Å²) in [5.41, 5.74) is 5.84. The van der Waals surface area contributed by atoms with Crippen molar-refractivity contribution in [2.45, 2.75) is 20.8 Å². The third-order valence-electron chi connectivity index (χ3n) is 2.37. The lowest BCUT2D eigenvalue weighted by atomic mass is 9.93. The van der Waals surface area contributed by atoms with Crippen molar-refractivity contribution >= 4 is 24.1 Å². The third-order valence-corrected chi connectivity index (χ3v) is 2.37. The van der Waals surface area contributed by atoms with Crippen molar-refractivity contribution in [3.05, 3.63) is 11.8 Å². The van der Waals surface area contributed by atoms with Crippen LogP contribution in [0.4, 0.5) is 5.82 Å². The van der Waals surface area contributed by atoms with Gasteiger partial charge in [0.15, 0.2) is 0 Å². The molecule has 0 aromatic carbocycles. The van der Waals surface area contributed by atoms with Crippen molar-refractivity contribution in [2.75, 3.05) is 11.9 Å². The van der Waals surface area contributed by atoms with Crippen molar-refractivity contribution in [1.29, 1.82) is 0 Å². The average molecular weight is 247 g/mol. The number of hydrogen-bond donors (Lipinski definition) is 2. The minimum atomic E-state index is -0.557. The molecule has 3 N–H and O–H groups in total. The SMILES string of the molecule is Cc1cc(NC(=O)C(C)(C)CN)n(C)n1.Cl. The topological polar surface area (TPSA) is 72.9 Å². The van der Waals surface area contributed by atoms with Crippen LogP contribution in [-0.4, -0.2) is 22.2 Å². The van der Waals surface area contributed by atoms with E-state index < -0.39 is 5.41 Å². The number of amides is 1. The van der Waals surface area contributed by atoms with Gasteiger partial charge in [0.2, 0.25) is 5.91 Å². The summed E-state index contributed by atoms with van der Waals surface area (Å²) < 4.78 is 1.64. The van der Waals surface area contributed by atoms with E-state index in [9.17, 15) is 4.79 Å². The first kappa shape index (κ1) is 14.9. The zero-order valence-electron chi connectivity index (χ0n) is 10.1. The Morgan fingerprint density at radius 2 is 2.19 bits per heavy atom. The van der Waals surface area contributed by atoms with Gasteiger partial charge in [0.1, 0.15) is 5.82 Å². The van der Waals surface area contributed by atoms with Gasteiger partial charge in [-0.1, -0.05) is 0 Å². The van der Waals surface area contributed by atoms with Gasteiger partial charge in [-0.3, -0.25) is 9.48 Å². The molecule has 0 unspecified atom stereocenters. The van der Waals surface area contributed by atoms with Crippen LogP contribution in [0.1, 0.15) is 19.5 Å². The van der Waals surface area contributed by atoms with Crippen LogP contribution in [0.15, 0.2) is 6.07 Å². The first-order chi connectivity index (χ1) is 6.86. The van der Waals surface area contributed by atoms with E-state index in [2.05, 4.69) is 10.4 Å². The molecule has 0 aliphatic carbocycles. The van der Waals surface area contributed by atoms with Crippen molar-refractivity contribution in [2.24, 2.45) is 18.2 Å². The molecule has 0 radical (unpaired) electrons. The van der Waals surface area contributed by atoms with E-state index in [0.29, 0.717) is 12.4 Å². The second-order valence-corrected chi connectivity index (χ2v) is 4.34. The van der Waals surface area contributed by atoms with Crippen LogP contribution < -0.4 is 11.1 Å². The molecule has 1 amide bonds. The summed E-state index contributed by atoms with van der Waals surface area (Å²) in [6, 6.07) is 1.82. The van der Waals surface area contributed by atoms with Crippen LogP contribution in [0.2, 0.25) is 0 Å². The Bertz CT molecular complexity index is 373. The molecule has 0 atom stereocenters. The standard InChI is InChI=1S/C10H18N4O.ClH/c1-7-5-8(14(4)13-7)12-9(15)10(2,3)6-11;/h5H,6,11H2,1-4H3,(H,12,15);1H. The minimum Gasteiger partial charge on any atom is -0.329 e. The summed E-state index contributed by atoms with van der Waals surface area (Å²) in [5, 5.41) is 6.95. The molecule has 1 aromatic rings. The van der Waals surface area contributed by atoms with E-state index in [1.165, 1.54) is 0 Å². The van der Waals surface area contributed by atoms with E-state index in [1.54, 1.807) is 11.7 Å². The first-order valence-corrected chi connectivity index (χ1v) is 4.89. The Kier molecular flexibility index (Phi) is 4.96. The largest absolute Gasteiger partial charge is 0.329 e.